The minimum atomic E-state index is -0.764. The molecule has 0 saturated heterocycles. The number of likely N-dealkylation sites (N-methyl/N-ethyl adjacent to an activating group) is 1. The maximum atomic E-state index is 11.7. The van der Waals surface area contributed by atoms with Gasteiger partial charge in [0.15, 0.2) is 0 Å². The Labute approximate surface area is 116 Å². The quantitative estimate of drug-likeness (QED) is 0.885. The molecule has 3 nitrogen and oxygen atoms in total. The molecule has 0 aliphatic heterocycles. The molecule has 1 rings (SSSR count). The van der Waals surface area contributed by atoms with E-state index in [0.717, 1.165) is 40.9 Å². The Hall–Kier alpha value is -1.35. The van der Waals surface area contributed by atoms with E-state index in [4.69, 9.17) is 0 Å². The normalized spacial score (nSPS) is 12.8. The molecule has 0 radical (unpaired) electrons. The van der Waals surface area contributed by atoms with Crippen LogP contribution in [0.1, 0.15) is 47.7 Å². The number of hydrogen-bond acceptors (Lipinski definition) is 2. The number of aryl methyl sites for hydroxylation is 2. The second-order valence-corrected chi connectivity index (χ2v) is 5.14. The van der Waals surface area contributed by atoms with Crippen molar-refractivity contribution in [3.8, 4) is 0 Å². The van der Waals surface area contributed by atoms with Crippen LogP contribution in [0.3, 0.4) is 0 Å². The zero-order chi connectivity index (χ0) is 14.7. The third kappa shape index (κ3) is 2.98. The van der Waals surface area contributed by atoms with Crippen molar-refractivity contribution < 1.29 is 9.90 Å². The van der Waals surface area contributed by atoms with Gasteiger partial charge in [0.25, 0.3) is 0 Å². The lowest BCUT2D eigenvalue weighted by Gasteiger charge is -2.30. The molecule has 3 heteroatoms. The average Bonchev–Trinajstić information content (AvgIpc) is 2.35. The van der Waals surface area contributed by atoms with E-state index in [1.165, 1.54) is 0 Å². The fourth-order valence-electron chi connectivity index (χ4n) is 2.71. The largest absolute Gasteiger partial charge is 0.480 e. The van der Waals surface area contributed by atoms with Crippen molar-refractivity contribution in [3.05, 3.63) is 33.9 Å². The van der Waals surface area contributed by atoms with E-state index in [2.05, 4.69) is 6.07 Å². The van der Waals surface area contributed by atoms with Crippen molar-refractivity contribution in [3.63, 3.8) is 0 Å². The summed E-state index contributed by atoms with van der Waals surface area (Å²) >= 11 is 0. The SMILES string of the molecule is CCN(CC)C(C(=O)O)c1c(C)c(C)cc(C)c1C. The van der Waals surface area contributed by atoms with Gasteiger partial charge in [0, 0.05) is 0 Å². The number of aliphatic carboxylic acids is 1. The van der Waals surface area contributed by atoms with Crippen LogP contribution in [0.15, 0.2) is 6.07 Å². The molecular weight excluding hydrogens is 238 g/mol. The van der Waals surface area contributed by atoms with Crippen LogP contribution in [0.5, 0.6) is 0 Å². The topological polar surface area (TPSA) is 40.5 Å². The molecule has 1 aromatic rings. The van der Waals surface area contributed by atoms with E-state index in [-0.39, 0.29) is 0 Å². The predicted octanol–water partition coefficient (Wildman–Crippen LogP) is 3.39. The molecule has 0 bridgehead atoms. The number of nitrogens with zero attached hydrogens (tertiary/aromatic N) is 1. The molecular formula is C16H25NO2. The van der Waals surface area contributed by atoms with E-state index < -0.39 is 12.0 Å². The predicted molar refractivity (Wildman–Crippen MR) is 78.7 cm³/mol. The fraction of sp³-hybridized carbons (Fsp3) is 0.562. The summed E-state index contributed by atoms with van der Waals surface area (Å²) in [6.45, 7) is 13.6. The van der Waals surface area contributed by atoms with E-state index >= 15 is 0 Å². The van der Waals surface area contributed by atoms with Gasteiger partial charge in [0.1, 0.15) is 6.04 Å². The molecule has 0 spiro atoms. The Kier molecular flexibility index (Phi) is 5.12. The molecule has 0 heterocycles. The molecule has 1 aromatic carbocycles. The fourth-order valence-corrected chi connectivity index (χ4v) is 2.71. The first kappa shape index (κ1) is 15.7. The number of rotatable bonds is 5. The Morgan fingerprint density at radius 2 is 1.53 bits per heavy atom. The van der Waals surface area contributed by atoms with Gasteiger partial charge in [-0.3, -0.25) is 9.69 Å². The van der Waals surface area contributed by atoms with Crippen LogP contribution in [0.2, 0.25) is 0 Å². The summed E-state index contributed by atoms with van der Waals surface area (Å²) in [7, 11) is 0. The zero-order valence-corrected chi connectivity index (χ0v) is 12.9. The lowest BCUT2D eigenvalue weighted by molar-refractivity contribution is -0.143. The first-order valence-electron chi connectivity index (χ1n) is 6.89. The van der Waals surface area contributed by atoms with Gasteiger partial charge >= 0.3 is 5.97 Å². The van der Waals surface area contributed by atoms with E-state index in [0.29, 0.717) is 0 Å². The van der Waals surface area contributed by atoms with Gasteiger partial charge in [-0.05, 0) is 68.6 Å². The Morgan fingerprint density at radius 1 is 1.11 bits per heavy atom. The number of benzene rings is 1. The number of hydrogen-bond donors (Lipinski definition) is 1. The van der Waals surface area contributed by atoms with Gasteiger partial charge in [-0.15, -0.1) is 0 Å². The van der Waals surface area contributed by atoms with Gasteiger partial charge in [0.05, 0.1) is 0 Å². The van der Waals surface area contributed by atoms with Crippen molar-refractivity contribution >= 4 is 5.97 Å². The molecule has 1 unspecified atom stereocenters. The standard InChI is InChI=1S/C16H25NO2/c1-7-17(8-2)15(16(18)19)14-12(5)10(3)9-11(4)13(14)6/h9,15H,7-8H2,1-6H3,(H,18,19). The van der Waals surface area contributed by atoms with Crippen molar-refractivity contribution in [2.45, 2.75) is 47.6 Å². The maximum Gasteiger partial charge on any atom is 0.325 e. The van der Waals surface area contributed by atoms with Crippen LogP contribution in [-0.4, -0.2) is 29.1 Å². The van der Waals surface area contributed by atoms with Crippen molar-refractivity contribution in [1.82, 2.24) is 4.90 Å². The smallest absolute Gasteiger partial charge is 0.325 e. The van der Waals surface area contributed by atoms with Gasteiger partial charge < -0.3 is 5.11 Å². The highest BCUT2D eigenvalue weighted by atomic mass is 16.4. The van der Waals surface area contributed by atoms with E-state index in [1.807, 2.05) is 46.4 Å². The average molecular weight is 263 g/mol. The van der Waals surface area contributed by atoms with Crippen LogP contribution >= 0.6 is 0 Å². The highest BCUT2D eigenvalue weighted by Crippen LogP contribution is 2.31. The first-order chi connectivity index (χ1) is 8.84. The summed E-state index contributed by atoms with van der Waals surface area (Å²) in [6, 6.07) is 1.59. The molecule has 0 aliphatic carbocycles. The summed E-state index contributed by atoms with van der Waals surface area (Å²) < 4.78 is 0. The highest BCUT2D eigenvalue weighted by molar-refractivity contribution is 5.77. The van der Waals surface area contributed by atoms with Crippen molar-refractivity contribution in [1.29, 1.82) is 0 Å². The Balaban J connectivity index is 3.51. The molecule has 19 heavy (non-hydrogen) atoms. The zero-order valence-electron chi connectivity index (χ0n) is 12.9. The first-order valence-corrected chi connectivity index (χ1v) is 6.89. The second-order valence-electron chi connectivity index (χ2n) is 5.14. The molecule has 0 saturated carbocycles. The lowest BCUT2D eigenvalue weighted by Crippen LogP contribution is -2.35. The van der Waals surface area contributed by atoms with E-state index in [9.17, 15) is 9.90 Å². The van der Waals surface area contributed by atoms with Crippen LogP contribution in [0, 0.1) is 27.7 Å². The molecule has 1 N–H and O–H groups in total. The second kappa shape index (κ2) is 6.20. The monoisotopic (exact) mass is 263 g/mol. The third-order valence-electron chi connectivity index (χ3n) is 4.11. The summed E-state index contributed by atoms with van der Waals surface area (Å²) in [5.74, 6) is -0.764. The van der Waals surface area contributed by atoms with Crippen LogP contribution < -0.4 is 0 Å². The molecule has 0 fully saturated rings. The minimum Gasteiger partial charge on any atom is -0.480 e. The molecule has 0 amide bonds. The molecule has 0 aliphatic rings. The highest BCUT2D eigenvalue weighted by Gasteiger charge is 2.29. The molecule has 0 aromatic heterocycles. The Morgan fingerprint density at radius 3 is 1.84 bits per heavy atom. The van der Waals surface area contributed by atoms with Crippen molar-refractivity contribution in [2.75, 3.05) is 13.1 Å². The number of carboxylic acids is 1. The Bertz CT molecular complexity index is 450. The summed E-state index contributed by atoms with van der Waals surface area (Å²) in [5, 5.41) is 9.65. The van der Waals surface area contributed by atoms with Gasteiger partial charge in [-0.25, -0.2) is 0 Å². The summed E-state index contributed by atoms with van der Waals surface area (Å²) in [6.07, 6.45) is 0. The minimum absolute atomic E-state index is 0.548. The summed E-state index contributed by atoms with van der Waals surface area (Å²) in [4.78, 5) is 13.7. The third-order valence-corrected chi connectivity index (χ3v) is 4.11. The molecule has 1 atom stereocenters. The number of carboxylic acid groups (broad SMARTS) is 1. The van der Waals surface area contributed by atoms with E-state index in [1.54, 1.807) is 0 Å². The molecule has 106 valence electrons. The number of carbonyl (C=O) groups is 1. The summed E-state index contributed by atoms with van der Waals surface area (Å²) in [5.41, 5.74) is 5.49. The van der Waals surface area contributed by atoms with Crippen LogP contribution in [0.4, 0.5) is 0 Å². The van der Waals surface area contributed by atoms with Crippen LogP contribution in [0.25, 0.3) is 0 Å². The van der Waals surface area contributed by atoms with Crippen LogP contribution in [-0.2, 0) is 4.79 Å². The lowest BCUT2D eigenvalue weighted by atomic mass is 9.89. The maximum absolute atomic E-state index is 11.7. The van der Waals surface area contributed by atoms with Gasteiger partial charge in [-0.1, -0.05) is 19.9 Å². The van der Waals surface area contributed by atoms with Crippen molar-refractivity contribution in [2.24, 2.45) is 0 Å². The van der Waals surface area contributed by atoms with Gasteiger partial charge in [-0.2, -0.15) is 0 Å². The van der Waals surface area contributed by atoms with Gasteiger partial charge in [0.2, 0.25) is 0 Å².